The summed E-state index contributed by atoms with van der Waals surface area (Å²) in [5, 5.41) is 3.27. The molecule has 182 valence electrons. The molecule has 0 bridgehead atoms. The first-order valence-electron chi connectivity index (χ1n) is 10.2. The van der Waals surface area contributed by atoms with Crippen LogP contribution in [0.2, 0.25) is 0 Å². The van der Waals surface area contributed by atoms with Crippen molar-refractivity contribution in [1.29, 1.82) is 0 Å². The standard InChI is InChI=1S/C23H20F2N4O5S/c1-29-10-17(14-4-5-26-20(14)22(29)30)16-6-12(11-35(3,32)33)15(23(31)34-2)8-19(16)28-21-18(25)7-13(24)9-27-21/h4-10,26H,11H2,1-3H3,(H,27,28). The van der Waals surface area contributed by atoms with Crippen LogP contribution >= 0.6 is 0 Å². The Kier molecular flexibility index (Phi) is 6.15. The van der Waals surface area contributed by atoms with Gasteiger partial charge in [0.1, 0.15) is 11.3 Å². The van der Waals surface area contributed by atoms with Gasteiger partial charge >= 0.3 is 5.97 Å². The van der Waals surface area contributed by atoms with Crippen molar-refractivity contribution in [2.24, 2.45) is 7.05 Å². The lowest BCUT2D eigenvalue weighted by molar-refractivity contribution is 0.0600. The molecule has 35 heavy (non-hydrogen) atoms. The Labute approximate surface area is 198 Å². The summed E-state index contributed by atoms with van der Waals surface area (Å²) >= 11 is 0. The number of carbonyl (C=O) groups excluding carboxylic acids is 1. The van der Waals surface area contributed by atoms with Crippen molar-refractivity contribution in [2.45, 2.75) is 5.75 Å². The summed E-state index contributed by atoms with van der Waals surface area (Å²) in [6.45, 7) is 0. The highest BCUT2D eigenvalue weighted by atomic mass is 32.2. The molecular weight excluding hydrogens is 482 g/mol. The minimum atomic E-state index is -3.57. The monoisotopic (exact) mass is 502 g/mol. The maximum absolute atomic E-state index is 14.4. The number of aromatic amines is 1. The second kappa shape index (κ2) is 8.95. The van der Waals surface area contributed by atoms with Gasteiger partial charge in [-0.05, 0) is 23.8 Å². The number of aryl methyl sites for hydroxylation is 1. The summed E-state index contributed by atoms with van der Waals surface area (Å²) in [6, 6.07) is 5.08. The van der Waals surface area contributed by atoms with Gasteiger partial charge in [0.25, 0.3) is 5.56 Å². The van der Waals surface area contributed by atoms with Crippen LogP contribution in [0, 0.1) is 11.6 Å². The van der Waals surface area contributed by atoms with Crippen LogP contribution in [0.3, 0.4) is 0 Å². The molecule has 0 aliphatic carbocycles. The second-order valence-electron chi connectivity index (χ2n) is 7.95. The van der Waals surface area contributed by atoms with Crippen molar-refractivity contribution in [3.63, 3.8) is 0 Å². The van der Waals surface area contributed by atoms with Crippen LogP contribution in [0.5, 0.6) is 0 Å². The Morgan fingerprint density at radius 3 is 2.63 bits per heavy atom. The summed E-state index contributed by atoms with van der Waals surface area (Å²) in [4.78, 5) is 31.7. The first kappa shape index (κ1) is 24.1. The number of pyridine rings is 2. The molecule has 4 aromatic rings. The van der Waals surface area contributed by atoms with Crippen molar-refractivity contribution in [1.82, 2.24) is 14.5 Å². The van der Waals surface area contributed by atoms with E-state index in [9.17, 15) is 26.8 Å². The molecule has 9 nitrogen and oxygen atoms in total. The molecule has 0 amide bonds. The quantitative estimate of drug-likeness (QED) is 0.388. The fourth-order valence-corrected chi connectivity index (χ4v) is 4.59. The molecule has 3 aromatic heterocycles. The number of carbonyl (C=O) groups is 1. The predicted molar refractivity (Wildman–Crippen MR) is 126 cm³/mol. The van der Waals surface area contributed by atoms with Gasteiger partial charge in [-0.15, -0.1) is 0 Å². The Balaban J connectivity index is 2.05. The highest BCUT2D eigenvalue weighted by Crippen LogP contribution is 2.37. The van der Waals surface area contributed by atoms with Gasteiger partial charge in [-0.3, -0.25) is 4.79 Å². The lowest BCUT2D eigenvalue weighted by Crippen LogP contribution is -2.17. The molecule has 4 rings (SSSR count). The highest BCUT2D eigenvalue weighted by molar-refractivity contribution is 7.89. The average molecular weight is 502 g/mol. The van der Waals surface area contributed by atoms with Crippen molar-refractivity contribution < 1.29 is 26.7 Å². The molecule has 0 unspecified atom stereocenters. The van der Waals surface area contributed by atoms with Gasteiger partial charge in [-0.1, -0.05) is 0 Å². The summed E-state index contributed by atoms with van der Waals surface area (Å²) < 4.78 is 58.2. The van der Waals surface area contributed by atoms with E-state index in [1.54, 1.807) is 19.3 Å². The molecule has 0 radical (unpaired) electrons. The number of hydrogen-bond acceptors (Lipinski definition) is 7. The summed E-state index contributed by atoms with van der Waals surface area (Å²) in [5.41, 5.74) is 1.07. The van der Waals surface area contributed by atoms with Gasteiger partial charge in [-0.2, -0.15) is 0 Å². The molecule has 2 N–H and O–H groups in total. The number of aromatic nitrogens is 3. The number of methoxy groups -OCH3 is 1. The zero-order valence-electron chi connectivity index (χ0n) is 18.8. The fraction of sp³-hybridized carbons (Fsp3) is 0.174. The third kappa shape index (κ3) is 4.78. The van der Waals surface area contributed by atoms with Crippen LogP contribution < -0.4 is 10.9 Å². The van der Waals surface area contributed by atoms with E-state index in [2.05, 4.69) is 15.3 Å². The zero-order chi connectivity index (χ0) is 25.5. The minimum absolute atomic E-state index is 0.0678. The number of benzene rings is 1. The number of H-pyrrole nitrogens is 1. The third-order valence-corrected chi connectivity index (χ3v) is 6.15. The van der Waals surface area contributed by atoms with Crippen molar-refractivity contribution in [3.05, 3.63) is 76.0 Å². The predicted octanol–water partition coefficient (Wildman–Crippen LogP) is 3.28. The van der Waals surface area contributed by atoms with E-state index in [-0.39, 0.29) is 28.2 Å². The average Bonchev–Trinajstić information content (AvgIpc) is 3.27. The van der Waals surface area contributed by atoms with Crippen LogP contribution in [0.15, 0.2) is 47.7 Å². The van der Waals surface area contributed by atoms with E-state index in [4.69, 9.17) is 4.74 Å². The number of esters is 1. The molecule has 0 spiro atoms. The molecule has 1 aromatic carbocycles. The Bertz CT molecular complexity index is 1640. The fourth-order valence-electron chi connectivity index (χ4n) is 3.79. The summed E-state index contributed by atoms with van der Waals surface area (Å²) in [6.07, 6.45) is 4.95. The molecule has 0 atom stereocenters. The van der Waals surface area contributed by atoms with Gasteiger partial charge in [0, 0.05) is 54.0 Å². The molecule has 0 aliphatic heterocycles. The zero-order valence-corrected chi connectivity index (χ0v) is 19.7. The largest absolute Gasteiger partial charge is 0.465 e. The summed E-state index contributed by atoms with van der Waals surface area (Å²) in [7, 11) is -0.887. The van der Waals surface area contributed by atoms with Crippen molar-refractivity contribution >= 4 is 38.2 Å². The number of halogens is 2. The Hall–Kier alpha value is -4.06. The van der Waals surface area contributed by atoms with E-state index in [0.717, 1.165) is 19.6 Å². The number of fused-ring (bicyclic) bond motifs is 1. The topological polar surface area (TPSA) is 123 Å². The van der Waals surface area contributed by atoms with E-state index < -0.39 is 33.2 Å². The number of nitrogens with zero attached hydrogens (tertiary/aromatic N) is 2. The van der Waals surface area contributed by atoms with Crippen molar-refractivity contribution in [2.75, 3.05) is 18.7 Å². The first-order chi connectivity index (χ1) is 16.5. The summed E-state index contributed by atoms with van der Waals surface area (Å²) in [5.74, 6) is -3.47. The van der Waals surface area contributed by atoms with Gasteiger partial charge in [0.15, 0.2) is 21.5 Å². The molecule has 0 saturated heterocycles. The van der Waals surface area contributed by atoms with Crippen molar-refractivity contribution in [3.8, 4) is 11.1 Å². The lowest BCUT2D eigenvalue weighted by Gasteiger charge is -2.18. The first-order valence-corrected chi connectivity index (χ1v) is 12.2. The number of anilines is 2. The van der Waals surface area contributed by atoms with Gasteiger partial charge in [0.05, 0.1) is 24.6 Å². The Morgan fingerprint density at radius 1 is 1.23 bits per heavy atom. The molecule has 0 fully saturated rings. The third-order valence-electron chi connectivity index (χ3n) is 5.31. The maximum atomic E-state index is 14.4. The SMILES string of the molecule is COC(=O)c1cc(Nc2ncc(F)cc2F)c(-c2cn(C)c(=O)c3[nH]ccc23)cc1CS(C)(=O)=O. The normalized spacial score (nSPS) is 11.6. The van der Waals surface area contributed by atoms with Gasteiger partial charge in [-0.25, -0.2) is 27.0 Å². The molecule has 0 saturated carbocycles. The second-order valence-corrected chi connectivity index (χ2v) is 10.1. The van der Waals surface area contributed by atoms with Crippen LogP contribution in [-0.2, 0) is 27.4 Å². The number of sulfone groups is 1. The van der Waals surface area contributed by atoms with E-state index in [0.29, 0.717) is 28.1 Å². The van der Waals surface area contributed by atoms with E-state index in [1.807, 2.05) is 0 Å². The number of rotatable bonds is 6. The minimum Gasteiger partial charge on any atom is -0.465 e. The van der Waals surface area contributed by atoms with Crippen LogP contribution in [0.1, 0.15) is 15.9 Å². The smallest absolute Gasteiger partial charge is 0.338 e. The van der Waals surface area contributed by atoms with Crippen LogP contribution in [0.25, 0.3) is 22.0 Å². The van der Waals surface area contributed by atoms with E-state index >= 15 is 0 Å². The molecule has 3 heterocycles. The molecule has 12 heteroatoms. The number of hydrogen-bond donors (Lipinski definition) is 2. The van der Waals surface area contributed by atoms with E-state index in [1.165, 1.54) is 22.9 Å². The molecular formula is C23H20F2N4O5S. The molecule has 0 aliphatic rings. The van der Waals surface area contributed by atoms with Crippen LogP contribution in [-0.4, -0.2) is 42.3 Å². The van der Waals surface area contributed by atoms with Gasteiger partial charge in [0.2, 0.25) is 0 Å². The maximum Gasteiger partial charge on any atom is 0.338 e. The highest BCUT2D eigenvalue weighted by Gasteiger charge is 2.23. The van der Waals surface area contributed by atoms with Gasteiger partial charge < -0.3 is 19.6 Å². The number of ether oxygens (including phenoxy) is 1. The Morgan fingerprint density at radius 2 is 1.97 bits per heavy atom. The number of nitrogens with one attached hydrogen (secondary N) is 2. The lowest BCUT2D eigenvalue weighted by atomic mass is 9.96. The van der Waals surface area contributed by atoms with Crippen LogP contribution in [0.4, 0.5) is 20.3 Å².